The Morgan fingerprint density at radius 2 is 2.35 bits per heavy atom. The summed E-state index contributed by atoms with van der Waals surface area (Å²) in [6.45, 7) is 3.74. The molecule has 90 valence electrons. The monoisotopic (exact) mass is 232 g/mol. The number of hydrogen-bond acceptors (Lipinski definition) is 4. The van der Waals surface area contributed by atoms with Crippen molar-refractivity contribution in [2.45, 2.75) is 13.5 Å². The summed E-state index contributed by atoms with van der Waals surface area (Å²) in [5, 5.41) is 7.31. The van der Waals surface area contributed by atoms with Crippen LogP contribution in [-0.4, -0.2) is 21.3 Å². The van der Waals surface area contributed by atoms with Crippen LogP contribution in [0.3, 0.4) is 0 Å². The maximum absolute atomic E-state index is 5.69. The van der Waals surface area contributed by atoms with Crippen molar-refractivity contribution in [1.82, 2.24) is 20.1 Å². The van der Waals surface area contributed by atoms with E-state index < -0.39 is 0 Å². The van der Waals surface area contributed by atoms with Crippen LogP contribution < -0.4 is 10.1 Å². The normalized spacial score (nSPS) is 10.5. The van der Waals surface area contributed by atoms with Gasteiger partial charge in [0, 0.05) is 25.4 Å². The van der Waals surface area contributed by atoms with Crippen LogP contribution in [0.5, 0.6) is 11.6 Å². The van der Waals surface area contributed by atoms with Gasteiger partial charge in [-0.3, -0.25) is 4.68 Å². The zero-order valence-corrected chi connectivity index (χ0v) is 10.1. The first-order valence-electron chi connectivity index (χ1n) is 5.60. The Morgan fingerprint density at radius 3 is 3.06 bits per heavy atom. The van der Waals surface area contributed by atoms with Gasteiger partial charge in [-0.15, -0.1) is 0 Å². The van der Waals surface area contributed by atoms with Gasteiger partial charge >= 0.3 is 0 Å². The number of rotatable bonds is 5. The third-order valence-electron chi connectivity index (χ3n) is 2.31. The highest BCUT2D eigenvalue weighted by atomic mass is 16.5. The van der Waals surface area contributed by atoms with Gasteiger partial charge in [-0.2, -0.15) is 5.10 Å². The second kappa shape index (κ2) is 5.45. The van der Waals surface area contributed by atoms with Gasteiger partial charge in [0.15, 0.2) is 5.75 Å². The molecule has 0 bridgehead atoms. The van der Waals surface area contributed by atoms with Gasteiger partial charge in [-0.1, -0.05) is 13.0 Å². The smallest absolute Gasteiger partial charge is 0.223 e. The average Bonchev–Trinajstić information content (AvgIpc) is 2.74. The molecular formula is C12H16N4O. The molecule has 5 heteroatoms. The molecule has 17 heavy (non-hydrogen) atoms. The summed E-state index contributed by atoms with van der Waals surface area (Å²) >= 11 is 0. The van der Waals surface area contributed by atoms with Gasteiger partial charge in [0.25, 0.3) is 0 Å². The van der Waals surface area contributed by atoms with Crippen molar-refractivity contribution >= 4 is 0 Å². The molecule has 0 aliphatic rings. The lowest BCUT2D eigenvalue weighted by Gasteiger charge is -2.08. The van der Waals surface area contributed by atoms with Crippen LogP contribution in [0, 0.1) is 0 Å². The minimum atomic E-state index is 0.626. The molecule has 0 aromatic carbocycles. The molecule has 0 spiro atoms. The summed E-state index contributed by atoms with van der Waals surface area (Å²) in [5.74, 6) is 1.32. The summed E-state index contributed by atoms with van der Waals surface area (Å²) in [5.41, 5.74) is 1.04. The van der Waals surface area contributed by atoms with Gasteiger partial charge < -0.3 is 10.1 Å². The molecule has 5 nitrogen and oxygen atoms in total. The molecule has 0 radical (unpaired) electrons. The molecule has 0 atom stereocenters. The van der Waals surface area contributed by atoms with Crippen molar-refractivity contribution < 1.29 is 4.74 Å². The van der Waals surface area contributed by atoms with E-state index in [-0.39, 0.29) is 0 Å². The maximum atomic E-state index is 5.69. The molecule has 1 N–H and O–H groups in total. The second-order valence-corrected chi connectivity index (χ2v) is 3.70. The molecule has 0 aliphatic carbocycles. The molecule has 2 aromatic heterocycles. The van der Waals surface area contributed by atoms with Crippen LogP contribution in [0.25, 0.3) is 0 Å². The molecule has 0 saturated heterocycles. The molecule has 0 aliphatic heterocycles. The van der Waals surface area contributed by atoms with E-state index in [1.54, 1.807) is 17.1 Å². The molecule has 0 fully saturated rings. The molecular weight excluding hydrogens is 216 g/mol. The third kappa shape index (κ3) is 3.04. The van der Waals surface area contributed by atoms with Crippen LogP contribution in [0.4, 0.5) is 0 Å². The van der Waals surface area contributed by atoms with Gasteiger partial charge in [-0.25, -0.2) is 4.98 Å². The maximum Gasteiger partial charge on any atom is 0.223 e. The topological polar surface area (TPSA) is 52.0 Å². The van der Waals surface area contributed by atoms with E-state index in [1.165, 1.54) is 0 Å². The van der Waals surface area contributed by atoms with Crippen LogP contribution in [0.1, 0.15) is 12.5 Å². The van der Waals surface area contributed by atoms with Crippen molar-refractivity contribution in [2.24, 2.45) is 7.05 Å². The zero-order valence-electron chi connectivity index (χ0n) is 10.1. The van der Waals surface area contributed by atoms with Gasteiger partial charge in [0.2, 0.25) is 5.88 Å². The van der Waals surface area contributed by atoms with E-state index in [0.29, 0.717) is 11.6 Å². The molecule has 0 amide bonds. The highest BCUT2D eigenvalue weighted by Crippen LogP contribution is 2.21. The predicted octanol–water partition coefficient (Wildman–Crippen LogP) is 1.72. The van der Waals surface area contributed by atoms with E-state index in [9.17, 15) is 0 Å². The molecule has 0 unspecified atom stereocenters. The van der Waals surface area contributed by atoms with Crippen LogP contribution >= 0.6 is 0 Å². The number of ether oxygens (including phenoxy) is 1. The van der Waals surface area contributed by atoms with Crippen LogP contribution in [-0.2, 0) is 13.6 Å². The number of aryl methyl sites for hydroxylation is 1. The Hall–Kier alpha value is -1.88. The van der Waals surface area contributed by atoms with E-state index in [4.69, 9.17) is 4.74 Å². The Kier molecular flexibility index (Phi) is 3.72. The van der Waals surface area contributed by atoms with Gasteiger partial charge in [-0.05, 0) is 12.6 Å². The van der Waals surface area contributed by atoms with E-state index in [0.717, 1.165) is 18.7 Å². The fraction of sp³-hybridized carbons (Fsp3) is 0.333. The summed E-state index contributed by atoms with van der Waals surface area (Å²) in [7, 11) is 1.85. The molecule has 2 rings (SSSR count). The number of pyridine rings is 1. The largest absolute Gasteiger partial charge is 0.435 e. The second-order valence-electron chi connectivity index (χ2n) is 3.70. The molecule has 0 saturated carbocycles. The van der Waals surface area contributed by atoms with Crippen LogP contribution in [0.15, 0.2) is 30.7 Å². The number of nitrogens with one attached hydrogen (secondary N) is 1. The predicted molar refractivity (Wildman–Crippen MR) is 64.9 cm³/mol. The fourth-order valence-electron chi connectivity index (χ4n) is 1.47. The highest BCUT2D eigenvalue weighted by Gasteiger charge is 2.06. The summed E-state index contributed by atoms with van der Waals surface area (Å²) < 4.78 is 7.39. The molecule has 2 heterocycles. The number of aromatic nitrogens is 3. The minimum Gasteiger partial charge on any atom is -0.435 e. The third-order valence-corrected chi connectivity index (χ3v) is 2.31. The standard InChI is InChI=1S/C12H16N4O/c1-3-13-7-10-5-4-6-14-12(10)17-11-8-15-16(2)9-11/h4-6,8-9,13H,3,7H2,1-2H3. The lowest BCUT2D eigenvalue weighted by molar-refractivity contribution is 0.453. The van der Waals surface area contributed by atoms with E-state index >= 15 is 0 Å². The first-order chi connectivity index (χ1) is 8.29. The summed E-state index contributed by atoms with van der Waals surface area (Å²) in [4.78, 5) is 4.24. The van der Waals surface area contributed by atoms with Gasteiger partial charge in [0.05, 0.1) is 12.4 Å². The van der Waals surface area contributed by atoms with Crippen molar-refractivity contribution in [1.29, 1.82) is 0 Å². The van der Waals surface area contributed by atoms with Crippen molar-refractivity contribution in [3.63, 3.8) is 0 Å². The average molecular weight is 232 g/mol. The van der Waals surface area contributed by atoms with E-state index in [1.807, 2.05) is 25.4 Å². The van der Waals surface area contributed by atoms with Gasteiger partial charge in [0.1, 0.15) is 0 Å². The van der Waals surface area contributed by atoms with Crippen molar-refractivity contribution in [3.8, 4) is 11.6 Å². The highest BCUT2D eigenvalue weighted by molar-refractivity contribution is 5.29. The van der Waals surface area contributed by atoms with E-state index in [2.05, 4.69) is 22.3 Å². The summed E-state index contributed by atoms with van der Waals surface area (Å²) in [6.07, 6.45) is 5.21. The lowest BCUT2D eigenvalue weighted by Crippen LogP contribution is -2.12. The minimum absolute atomic E-state index is 0.626. The summed E-state index contributed by atoms with van der Waals surface area (Å²) in [6, 6.07) is 3.91. The Morgan fingerprint density at radius 1 is 1.47 bits per heavy atom. The zero-order chi connectivity index (χ0) is 12.1. The number of hydrogen-bond donors (Lipinski definition) is 1. The first-order valence-corrected chi connectivity index (χ1v) is 5.60. The van der Waals surface area contributed by atoms with Crippen LogP contribution in [0.2, 0.25) is 0 Å². The Labute approximate surface area is 100 Å². The lowest BCUT2D eigenvalue weighted by atomic mass is 10.2. The van der Waals surface area contributed by atoms with Crippen molar-refractivity contribution in [2.75, 3.05) is 6.54 Å². The first kappa shape index (κ1) is 11.6. The number of nitrogens with zero attached hydrogens (tertiary/aromatic N) is 3. The quantitative estimate of drug-likeness (QED) is 0.852. The SMILES string of the molecule is CCNCc1cccnc1Oc1cnn(C)c1. The Balaban J connectivity index is 2.14. The molecule has 2 aromatic rings. The van der Waals surface area contributed by atoms with Crippen molar-refractivity contribution in [3.05, 3.63) is 36.3 Å². The Bertz CT molecular complexity index is 481. The fourth-order valence-corrected chi connectivity index (χ4v) is 1.47.